The first-order chi connectivity index (χ1) is 5.90. The van der Waals surface area contributed by atoms with Gasteiger partial charge in [-0.1, -0.05) is 5.92 Å². The van der Waals surface area contributed by atoms with E-state index < -0.39 is 17.5 Å². The minimum Gasteiger partial charge on any atom is -0.450 e. The second-order valence-electron chi connectivity index (χ2n) is 2.76. The smallest absolute Gasteiger partial charge is 0.350 e. The Morgan fingerprint density at radius 1 is 1.54 bits per heavy atom. The Balaban J connectivity index is 4.20. The first-order valence-corrected chi connectivity index (χ1v) is 3.56. The highest BCUT2D eigenvalue weighted by Crippen LogP contribution is 2.11. The second-order valence-corrected chi connectivity index (χ2v) is 2.76. The van der Waals surface area contributed by atoms with Gasteiger partial charge in [0.2, 0.25) is 5.60 Å². The molecule has 0 fully saturated rings. The molecule has 0 saturated heterocycles. The SMILES string of the molecule is C#CCOC(=O)C(C)(C)OC([CH2])=O. The summed E-state index contributed by atoms with van der Waals surface area (Å²) in [6.45, 7) is 5.63. The van der Waals surface area contributed by atoms with Crippen molar-refractivity contribution in [3.63, 3.8) is 0 Å². The van der Waals surface area contributed by atoms with E-state index in [2.05, 4.69) is 22.3 Å². The first kappa shape index (κ1) is 11.5. The van der Waals surface area contributed by atoms with Gasteiger partial charge in [0.05, 0.1) is 6.92 Å². The third-order valence-corrected chi connectivity index (χ3v) is 1.15. The Morgan fingerprint density at radius 2 is 2.08 bits per heavy atom. The number of rotatable bonds is 3. The van der Waals surface area contributed by atoms with E-state index in [1.807, 2.05) is 0 Å². The standard InChI is InChI=1S/C9H11O4/c1-5-6-12-8(11)9(3,4)13-7(2)10/h1H,2,6H2,3-4H3. The zero-order valence-electron chi connectivity index (χ0n) is 7.62. The van der Waals surface area contributed by atoms with Crippen LogP contribution in [0.25, 0.3) is 0 Å². The molecule has 0 aromatic carbocycles. The number of terminal acetylenes is 1. The lowest BCUT2D eigenvalue weighted by atomic mass is 10.1. The fourth-order valence-corrected chi connectivity index (χ4v) is 0.607. The average molecular weight is 183 g/mol. The molecule has 0 N–H and O–H groups in total. The molecule has 13 heavy (non-hydrogen) atoms. The molecule has 0 rings (SSSR count). The number of ether oxygens (including phenoxy) is 2. The molecule has 0 amide bonds. The maximum absolute atomic E-state index is 11.1. The summed E-state index contributed by atoms with van der Waals surface area (Å²) < 4.78 is 9.18. The largest absolute Gasteiger partial charge is 0.450 e. The monoisotopic (exact) mass is 183 g/mol. The Morgan fingerprint density at radius 3 is 2.46 bits per heavy atom. The van der Waals surface area contributed by atoms with Crippen LogP contribution in [0.3, 0.4) is 0 Å². The van der Waals surface area contributed by atoms with Crippen LogP contribution >= 0.6 is 0 Å². The van der Waals surface area contributed by atoms with E-state index in [-0.39, 0.29) is 6.61 Å². The van der Waals surface area contributed by atoms with Crippen molar-refractivity contribution in [2.24, 2.45) is 0 Å². The summed E-state index contributed by atoms with van der Waals surface area (Å²) in [6, 6.07) is 0. The summed E-state index contributed by atoms with van der Waals surface area (Å²) in [5, 5.41) is 0. The molecule has 0 unspecified atom stereocenters. The van der Waals surface area contributed by atoms with E-state index >= 15 is 0 Å². The Labute approximate surface area is 77.2 Å². The van der Waals surface area contributed by atoms with Crippen LogP contribution in [-0.2, 0) is 19.1 Å². The van der Waals surface area contributed by atoms with Crippen molar-refractivity contribution < 1.29 is 19.1 Å². The molecule has 0 heterocycles. The maximum Gasteiger partial charge on any atom is 0.350 e. The van der Waals surface area contributed by atoms with Gasteiger partial charge in [0.1, 0.15) is 0 Å². The zero-order valence-corrected chi connectivity index (χ0v) is 7.62. The summed E-state index contributed by atoms with van der Waals surface area (Å²) in [7, 11) is 0. The van der Waals surface area contributed by atoms with Gasteiger partial charge in [0.25, 0.3) is 0 Å². The third-order valence-electron chi connectivity index (χ3n) is 1.15. The van der Waals surface area contributed by atoms with Gasteiger partial charge in [-0.3, -0.25) is 4.79 Å². The number of esters is 2. The molecule has 0 aromatic rings. The van der Waals surface area contributed by atoms with Gasteiger partial charge in [0, 0.05) is 0 Å². The molecular formula is C9H11O4. The predicted octanol–water partition coefficient (Wildman–Crippen LogP) is 0.319. The van der Waals surface area contributed by atoms with Gasteiger partial charge >= 0.3 is 11.9 Å². The highest BCUT2D eigenvalue weighted by molar-refractivity contribution is 5.83. The minimum atomic E-state index is -1.34. The van der Waals surface area contributed by atoms with E-state index in [1.54, 1.807) is 0 Å². The molecule has 0 saturated carbocycles. The van der Waals surface area contributed by atoms with Crippen LogP contribution in [0.5, 0.6) is 0 Å². The number of carbonyl (C=O) groups excluding carboxylic acids is 2. The zero-order chi connectivity index (χ0) is 10.5. The highest BCUT2D eigenvalue weighted by atomic mass is 16.6. The van der Waals surface area contributed by atoms with E-state index in [9.17, 15) is 9.59 Å². The lowest BCUT2D eigenvalue weighted by Crippen LogP contribution is -2.38. The minimum absolute atomic E-state index is 0.142. The van der Waals surface area contributed by atoms with E-state index in [0.717, 1.165) is 0 Å². The summed E-state index contributed by atoms with van der Waals surface area (Å²) >= 11 is 0. The van der Waals surface area contributed by atoms with Crippen molar-refractivity contribution in [1.82, 2.24) is 0 Å². The third kappa shape index (κ3) is 4.16. The number of hydrogen-bond donors (Lipinski definition) is 0. The summed E-state index contributed by atoms with van der Waals surface area (Å²) in [4.78, 5) is 21.6. The normalized spacial score (nSPS) is 10.0. The highest BCUT2D eigenvalue weighted by Gasteiger charge is 2.32. The van der Waals surface area contributed by atoms with E-state index in [4.69, 9.17) is 6.42 Å². The lowest BCUT2D eigenvalue weighted by Gasteiger charge is -2.21. The van der Waals surface area contributed by atoms with Crippen molar-refractivity contribution >= 4 is 11.9 Å². The molecule has 71 valence electrons. The van der Waals surface area contributed by atoms with Crippen molar-refractivity contribution in [3.8, 4) is 12.3 Å². The molecule has 0 aliphatic heterocycles. The van der Waals surface area contributed by atoms with Crippen molar-refractivity contribution in [1.29, 1.82) is 0 Å². The van der Waals surface area contributed by atoms with Crippen molar-refractivity contribution in [3.05, 3.63) is 6.92 Å². The quantitative estimate of drug-likeness (QED) is 0.467. The fraction of sp³-hybridized carbons (Fsp3) is 0.444. The molecule has 0 aliphatic carbocycles. The van der Waals surface area contributed by atoms with Crippen LogP contribution in [0, 0.1) is 19.3 Å². The predicted molar refractivity (Wildman–Crippen MR) is 45.3 cm³/mol. The maximum atomic E-state index is 11.1. The van der Waals surface area contributed by atoms with Gasteiger partial charge in [0.15, 0.2) is 6.61 Å². The van der Waals surface area contributed by atoms with Gasteiger partial charge in [-0.25, -0.2) is 4.79 Å². The van der Waals surface area contributed by atoms with Gasteiger partial charge in [-0.15, -0.1) is 6.42 Å². The fourth-order valence-electron chi connectivity index (χ4n) is 0.607. The Kier molecular flexibility index (Phi) is 3.99. The van der Waals surface area contributed by atoms with Gasteiger partial charge < -0.3 is 9.47 Å². The molecule has 4 nitrogen and oxygen atoms in total. The Bertz CT molecular complexity index is 247. The molecule has 4 heteroatoms. The molecular weight excluding hydrogens is 172 g/mol. The summed E-state index contributed by atoms with van der Waals surface area (Å²) in [6.07, 6.45) is 4.87. The van der Waals surface area contributed by atoms with Crippen molar-refractivity contribution in [2.45, 2.75) is 19.4 Å². The van der Waals surface area contributed by atoms with Crippen LogP contribution in [0.15, 0.2) is 0 Å². The molecule has 0 bridgehead atoms. The van der Waals surface area contributed by atoms with Crippen LogP contribution in [-0.4, -0.2) is 24.1 Å². The van der Waals surface area contributed by atoms with Gasteiger partial charge in [-0.05, 0) is 13.8 Å². The van der Waals surface area contributed by atoms with E-state index in [0.29, 0.717) is 0 Å². The van der Waals surface area contributed by atoms with Crippen molar-refractivity contribution in [2.75, 3.05) is 6.61 Å². The first-order valence-electron chi connectivity index (χ1n) is 3.56. The molecule has 1 radical (unpaired) electrons. The van der Waals surface area contributed by atoms with Gasteiger partial charge in [-0.2, -0.15) is 0 Å². The number of hydrogen-bond acceptors (Lipinski definition) is 4. The van der Waals surface area contributed by atoms with Crippen LogP contribution in [0.2, 0.25) is 0 Å². The number of carbonyl (C=O) groups is 2. The summed E-state index contributed by atoms with van der Waals surface area (Å²) in [5.41, 5.74) is -1.34. The lowest BCUT2D eigenvalue weighted by molar-refractivity contribution is -0.174. The molecule has 0 aliphatic rings. The molecule has 0 aromatic heterocycles. The Hall–Kier alpha value is -1.50. The second kappa shape index (κ2) is 4.51. The topological polar surface area (TPSA) is 52.6 Å². The summed E-state index contributed by atoms with van der Waals surface area (Å²) in [5.74, 6) is 0.643. The molecule has 0 atom stereocenters. The van der Waals surface area contributed by atoms with Crippen LogP contribution in [0.4, 0.5) is 0 Å². The average Bonchev–Trinajstić information content (AvgIpc) is 1.97. The molecule has 0 spiro atoms. The van der Waals surface area contributed by atoms with Crippen LogP contribution < -0.4 is 0 Å². The van der Waals surface area contributed by atoms with Crippen LogP contribution in [0.1, 0.15) is 13.8 Å². The van der Waals surface area contributed by atoms with E-state index in [1.165, 1.54) is 13.8 Å².